The minimum Gasteiger partial charge on any atom is -0.336 e. The van der Waals surface area contributed by atoms with Crippen molar-refractivity contribution in [1.82, 2.24) is 4.90 Å². The molecule has 4 heteroatoms. The van der Waals surface area contributed by atoms with Crippen LogP contribution in [0.15, 0.2) is 12.2 Å². The lowest BCUT2D eigenvalue weighted by molar-refractivity contribution is -0.160. The van der Waals surface area contributed by atoms with Crippen LogP contribution in [0.4, 0.5) is 8.78 Å². The van der Waals surface area contributed by atoms with Crippen LogP contribution in [0.5, 0.6) is 0 Å². The molecular formula is C15H23F2NO. The summed E-state index contributed by atoms with van der Waals surface area (Å²) in [6.07, 6.45) is 2.73. The van der Waals surface area contributed by atoms with E-state index in [-0.39, 0.29) is 36.8 Å². The second-order valence-electron chi connectivity index (χ2n) is 6.31. The standard InChI is InChI=1S/C15H23F2NO/c1-10(2)7-11(3)14(19)18-12-5-4-6-13(18)9-15(16,17)8-12/h11-13H,1,4-9H2,2-3H3. The molecule has 0 saturated carbocycles. The Hall–Kier alpha value is -0.930. The number of alkyl halides is 2. The number of fused-ring (bicyclic) bond motifs is 2. The minimum atomic E-state index is -2.59. The number of halogens is 2. The van der Waals surface area contributed by atoms with Crippen molar-refractivity contribution >= 4 is 5.91 Å². The molecule has 2 heterocycles. The highest BCUT2D eigenvalue weighted by molar-refractivity contribution is 5.79. The summed E-state index contributed by atoms with van der Waals surface area (Å²) in [5.74, 6) is -2.70. The summed E-state index contributed by atoms with van der Waals surface area (Å²) in [6.45, 7) is 7.60. The molecule has 19 heavy (non-hydrogen) atoms. The van der Waals surface area contributed by atoms with Crippen molar-refractivity contribution in [3.05, 3.63) is 12.2 Å². The van der Waals surface area contributed by atoms with Gasteiger partial charge in [0, 0.05) is 30.8 Å². The molecule has 2 bridgehead atoms. The maximum atomic E-state index is 13.6. The summed E-state index contributed by atoms with van der Waals surface area (Å²) >= 11 is 0. The third-order valence-electron chi connectivity index (χ3n) is 4.26. The lowest BCUT2D eigenvalue weighted by Gasteiger charge is -2.49. The van der Waals surface area contributed by atoms with Gasteiger partial charge in [0.15, 0.2) is 0 Å². The highest BCUT2D eigenvalue weighted by Gasteiger charge is 2.49. The van der Waals surface area contributed by atoms with E-state index in [0.717, 1.165) is 24.8 Å². The molecule has 0 aromatic heterocycles. The van der Waals surface area contributed by atoms with Gasteiger partial charge < -0.3 is 4.90 Å². The Morgan fingerprint density at radius 1 is 1.37 bits per heavy atom. The van der Waals surface area contributed by atoms with Crippen LogP contribution in [0.2, 0.25) is 0 Å². The van der Waals surface area contributed by atoms with E-state index in [9.17, 15) is 13.6 Å². The maximum absolute atomic E-state index is 13.6. The van der Waals surface area contributed by atoms with E-state index >= 15 is 0 Å². The van der Waals surface area contributed by atoms with Crippen LogP contribution in [-0.2, 0) is 4.79 Å². The van der Waals surface area contributed by atoms with Gasteiger partial charge in [-0.25, -0.2) is 8.78 Å². The Bertz CT molecular complexity index is 364. The zero-order chi connectivity index (χ0) is 14.2. The van der Waals surface area contributed by atoms with Gasteiger partial charge in [-0.1, -0.05) is 12.5 Å². The van der Waals surface area contributed by atoms with Gasteiger partial charge in [0.05, 0.1) is 0 Å². The first-order valence-electron chi connectivity index (χ1n) is 7.14. The molecule has 3 atom stereocenters. The predicted octanol–water partition coefficient (Wildman–Crippen LogP) is 3.77. The summed E-state index contributed by atoms with van der Waals surface area (Å²) < 4.78 is 27.2. The molecule has 0 radical (unpaired) electrons. The Morgan fingerprint density at radius 2 is 1.89 bits per heavy atom. The van der Waals surface area contributed by atoms with Crippen molar-refractivity contribution in [2.75, 3.05) is 0 Å². The molecule has 0 spiro atoms. The monoisotopic (exact) mass is 271 g/mol. The second kappa shape index (κ2) is 5.22. The molecule has 0 N–H and O–H groups in total. The summed E-state index contributed by atoms with van der Waals surface area (Å²) in [7, 11) is 0. The van der Waals surface area contributed by atoms with Crippen LogP contribution >= 0.6 is 0 Å². The molecule has 2 saturated heterocycles. The lowest BCUT2D eigenvalue weighted by atomic mass is 9.81. The number of hydrogen-bond acceptors (Lipinski definition) is 1. The first kappa shape index (κ1) is 14.5. The number of hydrogen-bond donors (Lipinski definition) is 0. The minimum absolute atomic E-state index is 0.0354. The van der Waals surface area contributed by atoms with Crippen LogP contribution in [0, 0.1) is 5.92 Å². The highest BCUT2D eigenvalue weighted by atomic mass is 19.3. The van der Waals surface area contributed by atoms with Gasteiger partial charge in [-0.05, 0) is 32.6 Å². The molecule has 1 amide bonds. The zero-order valence-corrected chi connectivity index (χ0v) is 11.8. The normalized spacial score (nSPS) is 30.8. The second-order valence-corrected chi connectivity index (χ2v) is 6.31. The van der Waals surface area contributed by atoms with Crippen LogP contribution in [-0.4, -0.2) is 28.8 Å². The van der Waals surface area contributed by atoms with E-state index in [2.05, 4.69) is 6.58 Å². The number of nitrogens with zero attached hydrogens (tertiary/aromatic N) is 1. The SMILES string of the molecule is C=C(C)CC(C)C(=O)N1C2CCCC1CC(F)(F)C2. The summed E-state index contributed by atoms with van der Waals surface area (Å²) in [4.78, 5) is 14.3. The molecular weight excluding hydrogens is 248 g/mol. The van der Waals surface area contributed by atoms with Gasteiger partial charge in [-0.15, -0.1) is 6.58 Å². The topological polar surface area (TPSA) is 20.3 Å². The van der Waals surface area contributed by atoms with Crippen molar-refractivity contribution < 1.29 is 13.6 Å². The van der Waals surface area contributed by atoms with E-state index in [1.807, 2.05) is 13.8 Å². The fourth-order valence-corrected chi connectivity index (χ4v) is 3.56. The molecule has 0 aromatic rings. The van der Waals surface area contributed by atoms with Crippen LogP contribution in [0.3, 0.4) is 0 Å². The summed E-state index contributed by atoms with van der Waals surface area (Å²) in [5.41, 5.74) is 0.966. The average Bonchev–Trinajstić information content (AvgIpc) is 2.24. The highest BCUT2D eigenvalue weighted by Crippen LogP contribution is 2.42. The Morgan fingerprint density at radius 3 is 2.37 bits per heavy atom. The van der Waals surface area contributed by atoms with Crippen molar-refractivity contribution in [3.63, 3.8) is 0 Å². The molecule has 2 nitrogen and oxygen atoms in total. The number of amides is 1. The summed E-state index contributed by atoms with van der Waals surface area (Å²) in [6, 6.07) is -0.523. The van der Waals surface area contributed by atoms with Gasteiger partial charge in [0.1, 0.15) is 0 Å². The Labute approximate surface area is 113 Å². The van der Waals surface area contributed by atoms with Crippen molar-refractivity contribution in [3.8, 4) is 0 Å². The van der Waals surface area contributed by atoms with Crippen LogP contribution in [0.1, 0.15) is 52.4 Å². The molecule has 0 aromatic carbocycles. The van der Waals surface area contributed by atoms with E-state index in [4.69, 9.17) is 0 Å². The van der Waals surface area contributed by atoms with Gasteiger partial charge in [-0.3, -0.25) is 4.79 Å². The Kier molecular flexibility index (Phi) is 3.98. The van der Waals surface area contributed by atoms with E-state index in [1.165, 1.54) is 0 Å². The molecule has 2 rings (SSSR count). The van der Waals surface area contributed by atoms with Crippen LogP contribution in [0.25, 0.3) is 0 Å². The third kappa shape index (κ3) is 3.15. The maximum Gasteiger partial charge on any atom is 0.252 e. The van der Waals surface area contributed by atoms with E-state index < -0.39 is 5.92 Å². The van der Waals surface area contributed by atoms with Gasteiger partial charge in [-0.2, -0.15) is 0 Å². The largest absolute Gasteiger partial charge is 0.336 e. The average molecular weight is 271 g/mol. The third-order valence-corrected chi connectivity index (χ3v) is 4.26. The van der Waals surface area contributed by atoms with E-state index in [1.54, 1.807) is 4.90 Å². The van der Waals surface area contributed by atoms with Gasteiger partial charge >= 0.3 is 0 Å². The molecule has 2 aliphatic heterocycles. The quantitative estimate of drug-likeness (QED) is 0.716. The smallest absolute Gasteiger partial charge is 0.252 e. The van der Waals surface area contributed by atoms with Crippen molar-refractivity contribution in [1.29, 1.82) is 0 Å². The number of carbonyl (C=O) groups is 1. The number of piperidine rings is 2. The molecule has 108 valence electrons. The van der Waals surface area contributed by atoms with Crippen molar-refractivity contribution in [2.24, 2.45) is 5.92 Å². The van der Waals surface area contributed by atoms with Crippen molar-refractivity contribution in [2.45, 2.75) is 70.4 Å². The molecule has 2 fully saturated rings. The number of rotatable bonds is 3. The predicted molar refractivity (Wildman–Crippen MR) is 71.0 cm³/mol. The zero-order valence-electron chi connectivity index (χ0n) is 11.8. The van der Waals surface area contributed by atoms with Crippen LogP contribution < -0.4 is 0 Å². The first-order valence-corrected chi connectivity index (χ1v) is 7.14. The Balaban J connectivity index is 2.11. The molecule has 3 unspecified atom stereocenters. The number of allylic oxidation sites excluding steroid dienone is 1. The lowest BCUT2D eigenvalue weighted by Crippen LogP contribution is -2.58. The number of carbonyl (C=O) groups excluding carboxylic acids is 1. The van der Waals surface area contributed by atoms with Gasteiger partial charge in [0.2, 0.25) is 5.91 Å². The van der Waals surface area contributed by atoms with E-state index in [0.29, 0.717) is 6.42 Å². The molecule has 0 aliphatic carbocycles. The fourth-order valence-electron chi connectivity index (χ4n) is 3.56. The first-order chi connectivity index (χ1) is 8.80. The molecule has 2 aliphatic rings. The fraction of sp³-hybridized carbons (Fsp3) is 0.800. The van der Waals surface area contributed by atoms with Gasteiger partial charge in [0.25, 0.3) is 5.92 Å². The summed E-state index contributed by atoms with van der Waals surface area (Å²) in [5, 5.41) is 0.